The van der Waals surface area contributed by atoms with Crippen LogP contribution in [0, 0.1) is 11.3 Å². The van der Waals surface area contributed by atoms with Gasteiger partial charge in [0, 0.05) is 6.42 Å². The van der Waals surface area contributed by atoms with Crippen LogP contribution in [-0.4, -0.2) is 22.2 Å². The highest BCUT2D eigenvalue weighted by Gasteiger charge is 2.52. The molecule has 0 aromatic heterocycles. The summed E-state index contributed by atoms with van der Waals surface area (Å²) in [6.45, 7) is 4.96. The van der Waals surface area contributed by atoms with Crippen molar-refractivity contribution in [1.82, 2.24) is 0 Å². The van der Waals surface area contributed by atoms with Gasteiger partial charge < -0.3 is 9.05 Å². The summed E-state index contributed by atoms with van der Waals surface area (Å²) >= 11 is 17.8. The fourth-order valence-corrected chi connectivity index (χ4v) is 4.29. The van der Waals surface area contributed by atoms with Gasteiger partial charge in [-0.15, -0.1) is 11.6 Å². The van der Waals surface area contributed by atoms with E-state index in [9.17, 15) is 4.57 Å². The molecule has 0 saturated carbocycles. The lowest BCUT2D eigenvalue weighted by molar-refractivity contribution is 0.213. The second-order valence-electron chi connectivity index (χ2n) is 3.48. The first-order valence-corrected chi connectivity index (χ1v) is 7.69. The molecule has 1 atom stereocenters. The first-order chi connectivity index (χ1) is 7.64. The molecular formula is C9H15Cl3NO3P. The van der Waals surface area contributed by atoms with E-state index in [4.69, 9.17) is 49.1 Å². The van der Waals surface area contributed by atoms with E-state index in [-0.39, 0.29) is 19.6 Å². The molecule has 100 valence electrons. The van der Waals surface area contributed by atoms with Crippen molar-refractivity contribution in [1.29, 1.82) is 5.26 Å². The Morgan fingerprint density at radius 3 is 1.94 bits per heavy atom. The molecule has 0 aromatic rings. The maximum absolute atomic E-state index is 12.4. The Kier molecular flexibility index (Phi) is 6.81. The third-order valence-electron chi connectivity index (χ3n) is 1.78. The SMILES string of the molecule is CCOP(=O)(OCC)C(Cl)(Cl)CC(C)(Cl)C#N. The lowest BCUT2D eigenvalue weighted by Gasteiger charge is -2.31. The van der Waals surface area contributed by atoms with Crippen LogP contribution in [0.5, 0.6) is 0 Å². The average Bonchev–Trinajstić information content (AvgIpc) is 2.16. The first kappa shape index (κ1) is 17.5. The van der Waals surface area contributed by atoms with Crippen molar-refractivity contribution in [2.45, 2.75) is 36.1 Å². The largest absolute Gasteiger partial charge is 0.366 e. The summed E-state index contributed by atoms with van der Waals surface area (Å²) in [5.41, 5.74) is 0. The van der Waals surface area contributed by atoms with E-state index < -0.39 is 16.5 Å². The Morgan fingerprint density at radius 1 is 1.24 bits per heavy atom. The van der Waals surface area contributed by atoms with Crippen molar-refractivity contribution in [2.24, 2.45) is 0 Å². The van der Waals surface area contributed by atoms with E-state index in [0.717, 1.165) is 0 Å². The molecule has 0 saturated heterocycles. The second-order valence-corrected chi connectivity index (χ2v) is 8.60. The minimum atomic E-state index is -3.74. The van der Waals surface area contributed by atoms with Crippen LogP contribution in [0.25, 0.3) is 0 Å². The molecule has 17 heavy (non-hydrogen) atoms. The summed E-state index contributed by atoms with van der Waals surface area (Å²) in [4.78, 5) is -1.34. The minimum Gasteiger partial charge on any atom is -0.307 e. The summed E-state index contributed by atoms with van der Waals surface area (Å²) in [6, 6.07) is 1.82. The molecular weight excluding hydrogens is 307 g/mol. The number of halogens is 3. The van der Waals surface area contributed by atoms with Gasteiger partial charge in [-0.05, 0) is 20.8 Å². The van der Waals surface area contributed by atoms with Crippen LogP contribution in [-0.2, 0) is 13.6 Å². The summed E-state index contributed by atoms with van der Waals surface area (Å²) in [6.07, 6.45) is -0.238. The molecule has 0 N–H and O–H groups in total. The Bertz CT molecular complexity index is 331. The normalized spacial score (nSPS) is 16.3. The Balaban J connectivity index is 5.11. The van der Waals surface area contributed by atoms with E-state index in [1.165, 1.54) is 6.92 Å². The molecule has 0 aromatic carbocycles. The fraction of sp³-hybridized carbons (Fsp3) is 0.889. The fourth-order valence-electron chi connectivity index (χ4n) is 1.10. The highest BCUT2D eigenvalue weighted by atomic mass is 35.5. The molecule has 0 radical (unpaired) electrons. The highest BCUT2D eigenvalue weighted by Crippen LogP contribution is 2.67. The zero-order chi connectivity index (χ0) is 13.7. The van der Waals surface area contributed by atoms with Crippen LogP contribution in [0.4, 0.5) is 0 Å². The predicted molar refractivity (Wildman–Crippen MR) is 69.8 cm³/mol. The molecule has 0 rings (SSSR count). The number of hydrogen-bond acceptors (Lipinski definition) is 4. The molecule has 0 heterocycles. The molecule has 0 bridgehead atoms. The van der Waals surface area contributed by atoms with Crippen LogP contribution in [0.15, 0.2) is 0 Å². The van der Waals surface area contributed by atoms with E-state index in [1.807, 2.05) is 6.07 Å². The summed E-state index contributed by atoms with van der Waals surface area (Å²) in [7, 11) is -3.74. The minimum absolute atomic E-state index is 0.129. The maximum Gasteiger partial charge on any atom is 0.366 e. The summed E-state index contributed by atoms with van der Waals surface area (Å²) in [5, 5.41) is 8.81. The Morgan fingerprint density at radius 2 is 1.65 bits per heavy atom. The van der Waals surface area contributed by atoms with Crippen LogP contribution in [0.2, 0.25) is 0 Å². The third-order valence-corrected chi connectivity index (χ3v) is 5.66. The zero-order valence-corrected chi connectivity index (χ0v) is 13.0. The van der Waals surface area contributed by atoms with Gasteiger partial charge >= 0.3 is 7.60 Å². The van der Waals surface area contributed by atoms with Crippen molar-refractivity contribution in [2.75, 3.05) is 13.2 Å². The van der Waals surface area contributed by atoms with Crippen molar-refractivity contribution in [3.8, 4) is 6.07 Å². The first-order valence-electron chi connectivity index (χ1n) is 5.01. The van der Waals surface area contributed by atoms with Gasteiger partial charge in [-0.3, -0.25) is 4.57 Å². The lowest BCUT2D eigenvalue weighted by atomic mass is 10.1. The van der Waals surface area contributed by atoms with E-state index in [0.29, 0.717) is 0 Å². The topological polar surface area (TPSA) is 59.3 Å². The molecule has 0 spiro atoms. The van der Waals surface area contributed by atoms with E-state index in [1.54, 1.807) is 13.8 Å². The Hall–Kier alpha value is 0.510. The van der Waals surface area contributed by atoms with Gasteiger partial charge in [-0.1, -0.05) is 23.2 Å². The van der Waals surface area contributed by atoms with E-state index >= 15 is 0 Å². The van der Waals surface area contributed by atoms with Crippen LogP contribution in [0.1, 0.15) is 27.2 Å². The van der Waals surface area contributed by atoms with Gasteiger partial charge in [0.15, 0.2) is 0 Å². The maximum atomic E-state index is 12.4. The highest BCUT2D eigenvalue weighted by molar-refractivity contribution is 7.60. The molecule has 8 heteroatoms. The van der Waals surface area contributed by atoms with Gasteiger partial charge in [0.25, 0.3) is 0 Å². The number of hydrogen-bond donors (Lipinski definition) is 0. The quantitative estimate of drug-likeness (QED) is 0.518. The van der Waals surface area contributed by atoms with Crippen LogP contribution >= 0.6 is 42.4 Å². The second kappa shape index (κ2) is 6.61. The predicted octanol–water partition coefficient (Wildman–Crippen LogP) is 4.30. The van der Waals surface area contributed by atoms with Gasteiger partial charge in [0.1, 0.15) is 4.87 Å². The number of nitrogens with zero attached hydrogens (tertiary/aromatic N) is 1. The zero-order valence-electron chi connectivity index (χ0n) is 9.87. The number of alkyl halides is 3. The molecule has 4 nitrogen and oxygen atoms in total. The van der Waals surface area contributed by atoms with E-state index in [2.05, 4.69) is 0 Å². The standard InChI is InChI=1S/C9H15Cl3NO3P/c1-4-15-17(14,16-5-2)9(11,12)6-8(3,10)7-13/h4-6H2,1-3H3. The molecule has 0 fully saturated rings. The summed E-state index contributed by atoms with van der Waals surface area (Å²) in [5.74, 6) is 0. The monoisotopic (exact) mass is 321 g/mol. The molecule has 0 aliphatic heterocycles. The van der Waals surface area contributed by atoms with Gasteiger partial charge in [-0.2, -0.15) is 5.26 Å². The molecule has 1 unspecified atom stereocenters. The lowest BCUT2D eigenvalue weighted by Crippen LogP contribution is -2.28. The van der Waals surface area contributed by atoms with Gasteiger partial charge in [0.2, 0.25) is 4.07 Å². The molecule has 0 aliphatic rings. The Labute approximate surface area is 117 Å². The van der Waals surface area contributed by atoms with Gasteiger partial charge in [-0.25, -0.2) is 0 Å². The molecule has 0 amide bonds. The van der Waals surface area contributed by atoms with Crippen LogP contribution < -0.4 is 0 Å². The molecule has 0 aliphatic carbocycles. The van der Waals surface area contributed by atoms with Gasteiger partial charge in [0.05, 0.1) is 19.3 Å². The van der Waals surface area contributed by atoms with Crippen LogP contribution in [0.3, 0.4) is 0 Å². The van der Waals surface area contributed by atoms with Crippen molar-refractivity contribution in [3.05, 3.63) is 0 Å². The number of nitriles is 1. The third kappa shape index (κ3) is 4.95. The van der Waals surface area contributed by atoms with Crippen molar-refractivity contribution >= 4 is 42.4 Å². The number of rotatable bonds is 7. The van der Waals surface area contributed by atoms with Crippen molar-refractivity contribution < 1.29 is 13.6 Å². The summed E-state index contributed by atoms with van der Waals surface area (Å²) < 4.78 is 20.5. The smallest absolute Gasteiger partial charge is 0.307 e. The van der Waals surface area contributed by atoms with Crippen molar-refractivity contribution in [3.63, 3.8) is 0 Å². The average molecular weight is 323 g/mol.